The summed E-state index contributed by atoms with van der Waals surface area (Å²) >= 11 is 1.59. The number of carbonyl (C=O) groups is 1. The Morgan fingerprint density at radius 3 is 2.69 bits per heavy atom. The molecule has 3 rings (SSSR count). The van der Waals surface area contributed by atoms with Crippen LogP contribution in [0.1, 0.15) is 24.8 Å². The number of thiazole rings is 1. The summed E-state index contributed by atoms with van der Waals surface area (Å²) in [4.78, 5) is 17.0. The van der Waals surface area contributed by atoms with Gasteiger partial charge < -0.3 is 5.32 Å². The highest BCUT2D eigenvalue weighted by molar-refractivity contribution is 7.89. The number of nitrogens with one attached hydrogen (secondary N) is 1. The molecule has 6 nitrogen and oxygen atoms in total. The second kappa shape index (κ2) is 7.85. The molecule has 140 valence electrons. The summed E-state index contributed by atoms with van der Waals surface area (Å²) in [7, 11) is -3.17. The molecule has 0 atom stereocenters. The Morgan fingerprint density at radius 1 is 1.35 bits per heavy atom. The average molecular weight is 394 g/mol. The quantitative estimate of drug-likeness (QED) is 0.846. The Labute approximate surface area is 158 Å². The molecule has 1 fully saturated rings. The van der Waals surface area contributed by atoms with Crippen molar-refractivity contribution in [3.05, 3.63) is 34.7 Å². The first kappa shape index (κ1) is 19.0. The van der Waals surface area contributed by atoms with E-state index >= 15 is 0 Å². The van der Waals surface area contributed by atoms with E-state index in [0.29, 0.717) is 25.9 Å². The largest absolute Gasteiger partial charge is 0.326 e. The van der Waals surface area contributed by atoms with Gasteiger partial charge in [-0.25, -0.2) is 17.7 Å². The van der Waals surface area contributed by atoms with E-state index in [1.165, 1.54) is 4.31 Å². The number of sulfonamides is 1. The molecule has 2 heterocycles. The van der Waals surface area contributed by atoms with Crippen LogP contribution in [-0.4, -0.2) is 42.5 Å². The summed E-state index contributed by atoms with van der Waals surface area (Å²) in [5.74, 6) is -0.110. The lowest BCUT2D eigenvalue weighted by atomic mass is 9.97. The van der Waals surface area contributed by atoms with Crippen LogP contribution in [0.3, 0.4) is 0 Å². The number of hydrogen-bond donors (Lipinski definition) is 1. The van der Waals surface area contributed by atoms with Gasteiger partial charge >= 0.3 is 0 Å². The minimum atomic E-state index is -3.17. The molecule has 26 heavy (non-hydrogen) atoms. The van der Waals surface area contributed by atoms with Crippen LogP contribution in [0, 0.1) is 12.8 Å². The molecular weight excluding hydrogens is 370 g/mol. The number of carbonyl (C=O) groups excluding carboxylic acids is 1. The molecule has 0 bridgehead atoms. The van der Waals surface area contributed by atoms with Gasteiger partial charge in [0.15, 0.2) is 0 Å². The first-order chi connectivity index (χ1) is 12.4. The van der Waals surface area contributed by atoms with Gasteiger partial charge in [-0.15, -0.1) is 11.3 Å². The van der Waals surface area contributed by atoms with Crippen molar-refractivity contribution in [1.29, 1.82) is 0 Å². The highest BCUT2D eigenvalue weighted by atomic mass is 32.2. The van der Waals surface area contributed by atoms with Crippen molar-refractivity contribution in [3.8, 4) is 11.3 Å². The van der Waals surface area contributed by atoms with E-state index in [2.05, 4.69) is 10.3 Å². The van der Waals surface area contributed by atoms with Gasteiger partial charge in [0, 0.05) is 35.6 Å². The normalized spacial score (nSPS) is 16.5. The fraction of sp³-hybridized carbons (Fsp3) is 0.444. The summed E-state index contributed by atoms with van der Waals surface area (Å²) in [5.41, 5.74) is 2.61. The Hall–Kier alpha value is -1.77. The lowest BCUT2D eigenvalue weighted by molar-refractivity contribution is -0.120. The highest BCUT2D eigenvalue weighted by Crippen LogP contribution is 2.26. The maximum absolute atomic E-state index is 12.6. The third-order valence-electron chi connectivity index (χ3n) is 4.63. The van der Waals surface area contributed by atoms with E-state index in [1.807, 2.05) is 36.6 Å². The number of aryl methyl sites for hydroxylation is 1. The molecule has 0 aliphatic carbocycles. The molecule has 1 amide bonds. The van der Waals surface area contributed by atoms with Gasteiger partial charge in [0.1, 0.15) is 0 Å². The van der Waals surface area contributed by atoms with Crippen LogP contribution >= 0.6 is 11.3 Å². The van der Waals surface area contributed by atoms with Gasteiger partial charge in [-0.2, -0.15) is 0 Å². The average Bonchev–Trinajstić information content (AvgIpc) is 3.08. The summed E-state index contributed by atoms with van der Waals surface area (Å²) < 4.78 is 25.3. The minimum Gasteiger partial charge on any atom is -0.326 e. The first-order valence-corrected chi connectivity index (χ1v) is 11.2. The molecule has 2 aromatic rings. The zero-order chi connectivity index (χ0) is 18.7. The van der Waals surface area contributed by atoms with Crippen molar-refractivity contribution in [2.24, 2.45) is 5.92 Å². The van der Waals surface area contributed by atoms with E-state index in [-0.39, 0.29) is 17.6 Å². The Bertz CT molecular complexity index is 885. The zero-order valence-electron chi connectivity index (χ0n) is 14.9. The number of nitrogens with zero attached hydrogens (tertiary/aromatic N) is 2. The lowest BCUT2D eigenvalue weighted by Gasteiger charge is -2.30. The summed E-state index contributed by atoms with van der Waals surface area (Å²) in [6.07, 6.45) is 1.10. The summed E-state index contributed by atoms with van der Waals surface area (Å²) in [5, 5.41) is 5.97. The van der Waals surface area contributed by atoms with Crippen LogP contribution < -0.4 is 5.32 Å². The monoisotopic (exact) mass is 393 g/mol. The van der Waals surface area contributed by atoms with Crippen molar-refractivity contribution < 1.29 is 13.2 Å². The second-order valence-corrected chi connectivity index (χ2v) is 9.72. The molecule has 0 radical (unpaired) electrons. The Kier molecular flexibility index (Phi) is 5.74. The van der Waals surface area contributed by atoms with Crippen LogP contribution in [0.2, 0.25) is 0 Å². The molecular formula is C18H23N3O3S2. The third kappa shape index (κ3) is 4.31. The van der Waals surface area contributed by atoms with E-state index < -0.39 is 10.0 Å². The molecule has 1 N–H and O–H groups in total. The van der Waals surface area contributed by atoms with Crippen LogP contribution in [-0.2, 0) is 14.8 Å². The molecule has 1 aliphatic rings. The predicted molar refractivity (Wildman–Crippen MR) is 105 cm³/mol. The fourth-order valence-electron chi connectivity index (χ4n) is 3.08. The smallest absolute Gasteiger partial charge is 0.227 e. The highest BCUT2D eigenvalue weighted by Gasteiger charge is 2.30. The zero-order valence-corrected chi connectivity index (χ0v) is 16.6. The van der Waals surface area contributed by atoms with Gasteiger partial charge in [-0.1, -0.05) is 12.1 Å². The maximum atomic E-state index is 12.6. The molecule has 1 aromatic heterocycles. The van der Waals surface area contributed by atoms with Crippen LogP contribution in [0.5, 0.6) is 0 Å². The molecule has 1 saturated heterocycles. The predicted octanol–water partition coefficient (Wildman–Crippen LogP) is 3.12. The standard InChI is InChI=1S/C18H23N3O3S2/c1-3-26(23,24)21-9-7-14(8-10-21)18(22)20-16-6-4-5-15(11-16)17-12-25-13(2)19-17/h4-6,11-12,14H,3,7-10H2,1-2H3,(H,20,22). The SMILES string of the molecule is CCS(=O)(=O)N1CCC(C(=O)Nc2cccc(-c3csc(C)n3)c2)CC1. The van der Waals surface area contributed by atoms with Gasteiger partial charge in [0.25, 0.3) is 0 Å². The molecule has 0 unspecified atom stereocenters. The fourth-order valence-corrected chi connectivity index (χ4v) is 4.83. The van der Waals surface area contributed by atoms with Crippen molar-refractivity contribution in [1.82, 2.24) is 9.29 Å². The van der Waals surface area contributed by atoms with E-state index in [4.69, 9.17) is 0 Å². The maximum Gasteiger partial charge on any atom is 0.227 e. The topological polar surface area (TPSA) is 79.4 Å². The van der Waals surface area contributed by atoms with Gasteiger partial charge in [0.2, 0.25) is 15.9 Å². The number of aromatic nitrogens is 1. The van der Waals surface area contributed by atoms with Crippen molar-refractivity contribution in [3.63, 3.8) is 0 Å². The van der Waals surface area contributed by atoms with Gasteiger partial charge in [-0.05, 0) is 38.8 Å². The van der Waals surface area contributed by atoms with Crippen molar-refractivity contribution >= 4 is 33.0 Å². The molecule has 8 heteroatoms. The lowest BCUT2D eigenvalue weighted by Crippen LogP contribution is -2.42. The van der Waals surface area contributed by atoms with Crippen LogP contribution in [0.25, 0.3) is 11.3 Å². The number of rotatable bonds is 5. The van der Waals surface area contributed by atoms with E-state index in [9.17, 15) is 13.2 Å². The van der Waals surface area contributed by atoms with Gasteiger partial charge in [0.05, 0.1) is 16.5 Å². The van der Waals surface area contributed by atoms with E-state index in [1.54, 1.807) is 18.3 Å². The first-order valence-electron chi connectivity index (χ1n) is 8.70. The summed E-state index contributed by atoms with van der Waals surface area (Å²) in [6.45, 7) is 4.43. The number of benzene rings is 1. The molecule has 1 aliphatic heterocycles. The molecule has 0 saturated carbocycles. The minimum absolute atomic E-state index is 0.0508. The third-order valence-corrected chi connectivity index (χ3v) is 7.28. The van der Waals surface area contributed by atoms with Gasteiger partial charge in [-0.3, -0.25) is 4.79 Å². The second-order valence-electron chi connectivity index (χ2n) is 6.40. The van der Waals surface area contributed by atoms with Crippen molar-refractivity contribution in [2.75, 3.05) is 24.2 Å². The van der Waals surface area contributed by atoms with Crippen LogP contribution in [0.15, 0.2) is 29.6 Å². The summed E-state index contributed by atoms with van der Waals surface area (Å²) in [6, 6.07) is 7.65. The molecule has 1 aromatic carbocycles. The number of piperidine rings is 1. The van der Waals surface area contributed by atoms with Crippen LogP contribution in [0.4, 0.5) is 5.69 Å². The number of amides is 1. The Morgan fingerprint density at radius 2 is 2.08 bits per heavy atom. The number of hydrogen-bond acceptors (Lipinski definition) is 5. The Balaban J connectivity index is 1.62. The van der Waals surface area contributed by atoms with E-state index in [0.717, 1.165) is 22.0 Å². The van der Waals surface area contributed by atoms with Crippen molar-refractivity contribution in [2.45, 2.75) is 26.7 Å². The molecule has 0 spiro atoms. The number of anilines is 1.